The van der Waals surface area contributed by atoms with Crippen LogP contribution in [0.4, 0.5) is 10.1 Å². The van der Waals surface area contributed by atoms with Crippen molar-refractivity contribution < 1.29 is 4.39 Å². The van der Waals surface area contributed by atoms with Crippen molar-refractivity contribution in [3.8, 4) is 0 Å². The van der Waals surface area contributed by atoms with Gasteiger partial charge in [-0.25, -0.2) is 4.39 Å². The Morgan fingerprint density at radius 2 is 1.75 bits per heavy atom. The van der Waals surface area contributed by atoms with Gasteiger partial charge in [-0.2, -0.15) is 0 Å². The van der Waals surface area contributed by atoms with Crippen LogP contribution >= 0.6 is 0 Å². The van der Waals surface area contributed by atoms with E-state index in [-0.39, 0.29) is 11.9 Å². The van der Waals surface area contributed by atoms with Crippen LogP contribution in [0.25, 0.3) is 0 Å². The molecule has 0 spiro atoms. The van der Waals surface area contributed by atoms with Gasteiger partial charge < -0.3 is 10.6 Å². The highest BCUT2D eigenvalue weighted by Gasteiger charge is 2.20. The van der Waals surface area contributed by atoms with Gasteiger partial charge in [-0.15, -0.1) is 0 Å². The summed E-state index contributed by atoms with van der Waals surface area (Å²) in [5, 5.41) is 0. The van der Waals surface area contributed by atoms with Gasteiger partial charge in [0.05, 0.1) is 0 Å². The summed E-state index contributed by atoms with van der Waals surface area (Å²) in [4.78, 5) is 4.75. The first-order chi connectivity index (χ1) is 9.60. The van der Waals surface area contributed by atoms with E-state index in [1.54, 1.807) is 0 Å². The standard InChI is InChI=1S/C16H26FN3/c1-3-13(2)16(18)12-19-8-10-20(11-9-19)15-6-4-14(17)5-7-15/h4-7,13,16H,3,8-12,18H2,1-2H3. The van der Waals surface area contributed by atoms with Crippen LogP contribution in [-0.4, -0.2) is 43.7 Å². The van der Waals surface area contributed by atoms with Gasteiger partial charge >= 0.3 is 0 Å². The zero-order chi connectivity index (χ0) is 14.5. The van der Waals surface area contributed by atoms with Gasteiger partial charge in [0.15, 0.2) is 0 Å². The van der Waals surface area contributed by atoms with Crippen LogP contribution in [0.1, 0.15) is 20.3 Å². The van der Waals surface area contributed by atoms with Crippen LogP contribution in [0.5, 0.6) is 0 Å². The number of anilines is 1. The van der Waals surface area contributed by atoms with Crippen LogP contribution in [0.2, 0.25) is 0 Å². The molecule has 2 N–H and O–H groups in total. The molecule has 4 heteroatoms. The summed E-state index contributed by atoms with van der Waals surface area (Å²) >= 11 is 0. The van der Waals surface area contributed by atoms with E-state index in [0.717, 1.165) is 44.8 Å². The molecule has 0 radical (unpaired) electrons. The second-order valence-corrected chi connectivity index (χ2v) is 5.81. The third kappa shape index (κ3) is 3.93. The normalized spacial score (nSPS) is 19.9. The zero-order valence-electron chi connectivity index (χ0n) is 12.6. The first-order valence-corrected chi connectivity index (χ1v) is 7.58. The summed E-state index contributed by atoms with van der Waals surface area (Å²) < 4.78 is 12.9. The Hall–Kier alpha value is -1.13. The molecule has 0 aromatic heterocycles. The summed E-state index contributed by atoms with van der Waals surface area (Å²) in [5.74, 6) is 0.400. The molecular formula is C16H26FN3. The number of rotatable bonds is 5. The molecule has 2 atom stereocenters. The quantitative estimate of drug-likeness (QED) is 0.898. The lowest BCUT2D eigenvalue weighted by Crippen LogP contribution is -2.51. The third-order valence-electron chi connectivity index (χ3n) is 4.41. The number of nitrogens with two attached hydrogens (primary N) is 1. The van der Waals surface area contributed by atoms with Crippen LogP contribution in [0.15, 0.2) is 24.3 Å². The van der Waals surface area contributed by atoms with Crippen molar-refractivity contribution in [3.63, 3.8) is 0 Å². The van der Waals surface area contributed by atoms with E-state index in [1.807, 2.05) is 12.1 Å². The largest absolute Gasteiger partial charge is 0.369 e. The van der Waals surface area contributed by atoms with Crippen LogP contribution < -0.4 is 10.6 Å². The Morgan fingerprint density at radius 3 is 2.30 bits per heavy atom. The molecule has 3 nitrogen and oxygen atoms in total. The van der Waals surface area contributed by atoms with Gasteiger partial charge in [0.25, 0.3) is 0 Å². The minimum atomic E-state index is -0.174. The van der Waals surface area contributed by atoms with E-state index in [4.69, 9.17) is 5.73 Å². The summed E-state index contributed by atoms with van der Waals surface area (Å²) in [6.07, 6.45) is 1.14. The molecule has 20 heavy (non-hydrogen) atoms. The molecule has 1 saturated heterocycles. The summed E-state index contributed by atoms with van der Waals surface area (Å²) in [7, 11) is 0. The molecule has 1 fully saturated rings. The van der Waals surface area contributed by atoms with Crippen molar-refractivity contribution in [3.05, 3.63) is 30.1 Å². The second-order valence-electron chi connectivity index (χ2n) is 5.81. The third-order valence-corrected chi connectivity index (χ3v) is 4.41. The monoisotopic (exact) mass is 279 g/mol. The lowest BCUT2D eigenvalue weighted by Gasteiger charge is -2.37. The zero-order valence-corrected chi connectivity index (χ0v) is 12.6. The average molecular weight is 279 g/mol. The van der Waals surface area contributed by atoms with Crippen molar-refractivity contribution in [1.82, 2.24) is 4.90 Å². The summed E-state index contributed by atoms with van der Waals surface area (Å²) in [6.45, 7) is 9.42. The minimum absolute atomic E-state index is 0.174. The molecule has 2 rings (SSSR count). The molecule has 112 valence electrons. The minimum Gasteiger partial charge on any atom is -0.369 e. The SMILES string of the molecule is CCC(C)C(N)CN1CCN(c2ccc(F)cc2)CC1. The van der Waals surface area contributed by atoms with Gasteiger partial charge in [0, 0.05) is 44.5 Å². The van der Waals surface area contributed by atoms with E-state index in [1.165, 1.54) is 12.1 Å². The van der Waals surface area contributed by atoms with Crippen molar-refractivity contribution in [2.45, 2.75) is 26.3 Å². The first kappa shape index (κ1) is 15.3. The second kappa shape index (κ2) is 7.04. The van der Waals surface area contributed by atoms with Gasteiger partial charge in [-0.1, -0.05) is 20.3 Å². The Kier molecular flexibility index (Phi) is 5.38. The topological polar surface area (TPSA) is 32.5 Å². The molecule has 1 aromatic rings. The number of hydrogen-bond acceptors (Lipinski definition) is 3. The van der Waals surface area contributed by atoms with Gasteiger partial charge in [0.2, 0.25) is 0 Å². The van der Waals surface area contributed by atoms with E-state index >= 15 is 0 Å². The van der Waals surface area contributed by atoms with Gasteiger partial charge in [-0.3, -0.25) is 4.90 Å². The van der Waals surface area contributed by atoms with Crippen LogP contribution in [-0.2, 0) is 0 Å². The molecule has 1 aliphatic heterocycles. The highest BCUT2D eigenvalue weighted by Crippen LogP contribution is 2.17. The maximum atomic E-state index is 12.9. The summed E-state index contributed by atoms with van der Waals surface area (Å²) in [6, 6.07) is 7.03. The molecule has 1 aliphatic rings. The lowest BCUT2D eigenvalue weighted by molar-refractivity contribution is 0.220. The highest BCUT2D eigenvalue weighted by atomic mass is 19.1. The van der Waals surface area contributed by atoms with Crippen molar-refractivity contribution in [2.75, 3.05) is 37.6 Å². The number of benzene rings is 1. The fraction of sp³-hybridized carbons (Fsp3) is 0.625. The van der Waals surface area contributed by atoms with Crippen LogP contribution in [0, 0.1) is 11.7 Å². The van der Waals surface area contributed by atoms with Crippen LogP contribution in [0.3, 0.4) is 0 Å². The molecule has 0 saturated carbocycles. The molecule has 1 heterocycles. The maximum Gasteiger partial charge on any atom is 0.123 e. The maximum absolute atomic E-state index is 12.9. The fourth-order valence-electron chi connectivity index (χ4n) is 2.62. The van der Waals surface area contributed by atoms with Crippen molar-refractivity contribution >= 4 is 5.69 Å². The lowest BCUT2D eigenvalue weighted by atomic mass is 9.99. The Labute approximate surface area is 121 Å². The van der Waals surface area contributed by atoms with Gasteiger partial charge in [-0.05, 0) is 30.2 Å². The molecule has 0 amide bonds. The molecule has 0 aliphatic carbocycles. The molecular weight excluding hydrogens is 253 g/mol. The predicted octanol–water partition coefficient (Wildman–Crippen LogP) is 2.32. The smallest absolute Gasteiger partial charge is 0.123 e. The van der Waals surface area contributed by atoms with E-state index in [9.17, 15) is 4.39 Å². The Morgan fingerprint density at radius 1 is 1.15 bits per heavy atom. The highest BCUT2D eigenvalue weighted by molar-refractivity contribution is 5.46. The molecule has 2 unspecified atom stereocenters. The van der Waals surface area contributed by atoms with E-state index in [2.05, 4.69) is 23.6 Å². The predicted molar refractivity (Wildman–Crippen MR) is 82.5 cm³/mol. The van der Waals surface area contributed by atoms with Crippen molar-refractivity contribution in [1.29, 1.82) is 0 Å². The Balaban J connectivity index is 1.82. The van der Waals surface area contributed by atoms with E-state index in [0.29, 0.717) is 5.92 Å². The van der Waals surface area contributed by atoms with Crippen molar-refractivity contribution in [2.24, 2.45) is 11.7 Å². The molecule has 0 bridgehead atoms. The van der Waals surface area contributed by atoms with E-state index < -0.39 is 0 Å². The first-order valence-electron chi connectivity index (χ1n) is 7.58. The fourth-order valence-corrected chi connectivity index (χ4v) is 2.62. The Bertz CT molecular complexity index is 399. The number of halogens is 1. The molecule has 1 aromatic carbocycles. The number of nitrogens with zero attached hydrogens (tertiary/aromatic N) is 2. The average Bonchev–Trinajstić information content (AvgIpc) is 2.48. The number of piperazine rings is 1. The summed E-state index contributed by atoms with van der Waals surface area (Å²) in [5.41, 5.74) is 7.33. The number of hydrogen-bond donors (Lipinski definition) is 1. The van der Waals surface area contributed by atoms with Gasteiger partial charge in [0.1, 0.15) is 5.82 Å².